The zero-order valence-electron chi connectivity index (χ0n) is 13.8. The van der Waals surface area contributed by atoms with Crippen molar-refractivity contribution in [1.82, 2.24) is 5.32 Å². The van der Waals surface area contributed by atoms with Gasteiger partial charge in [0.05, 0.1) is 18.7 Å². The summed E-state index contributed by atoms with van der Waals surface area (Å²) in [5.41, 5.74) is 1.20. The second-order valence-corrected chi connectivity index (χ2v) is 6.72. The van der Waals surface area contributed by atoms with Crippen LogP contribution in [0.3, 0.4) is 0 Å². The zero-order chi connectivity index (χ0) is 18.5. The van der Waals surface area contributed by atoms with Gasteiger partial charge in [0.1, 0.15) is 5.75 Å². The van der Waals surface area contributed by atoms with Gasteiger partial charge in [-0.15, -0.1) is 0 Å². The quantitative estimate of drug-likeness (QED) is 0.560. The number of benzene rings is 3. The number of fused-ring (bicyclic) bond motifs is 1. The molecule has 3 aromatic rings. The van der Waals surface area contributed by atoms with Gasteiger partial charge in [-0.3, -0.25) is 9.59 Å². The first-order valence-electron chi connectivity index (χ1n) is 8.04. The monoisotopic (exact) mass is 412 g/mol. The summed E-state index contributed by atoms with van der Waals surface area (Å²) in [6.45, 7) is -0.168. The first-order chi connectivity index (χ1) is 12.5. The Morgan fingerprint density at radius 2 is 1.73 bits per heavy atom. The molecule has 5 nitrogen and oxygen atoms in total. The normalized spacial score (nSPS) is 10.5. The van der Waals surface area contributed by atoms with E-state index < -0.39 is 5.91 Å². The van der Waals surface area contributed by atoms with Crippen molar-refractivity contribution in [3.8, 4) is 5.75 Å². The van der Waals surface area contributed by atoms with Gasteiger partial charge < -0.3 is 15.7 Å². The molecule has 3 aromatic carbocycles. The van der Waals surface area contributed by atoms with Crippen molar-refractivity contribution >= 4 is 44.2 Å². The Kier molecular flexibility index (Phi) is 5.53. The number of carbonyl (C=O) groups excluding carboxylic acids is 2. The Morgan fingerprint density at radius 1 is 0.962 bits per heavy atom. The lowest BCUT2D eigenvalue weighted by Gasteiger charge is -2.10. The molecule has 0 aliphatic heterocycles. The predicted octanol–water partition coefficient (Wildman–Crippen LogP) is 3.61. The van der Waals surface area contributed by atoms with Crippen molar-refractivity contribution in [1.29, 1.82) is 0 Å². The van der Waals surface area contributed by atoms with E-state index in [0.717, 1.165) is 16.3 Å². The highest BCUT2D eigenvalue weighted by Crippen LogP contribution is 2.26. The Morgan fingerprint density at radius 3 is 2.54 bits per heavy atom. The molecule has 0 aliphatic carbocycles. The molecule has 132 valence electrons. The van der Waals surface area contributed by atoms with Gasteiger partial charge in [0.15, 0.2) is 0 Å². The van der Waals surface area contributed by atoms with Crippen LogP contribution in [0.15, 0.2) is 65.1 Å². The fourth-order valence-electron chi connectivity index (χ4n) is 2.67. The molecule has 6 heteroatoms. The molecule has 0 radical (unpaired) electrons. The molecule has 3 rings (SSSR count). The number of phenols is 1. The summed E-state index contributed by atoms with van der Waals surface area (Å²) < 4.78 is 0.705. The van der Waals surface area contributed by atoms with Crippen LogP contribution in [0.25, 0.3) is 10.8 Å². The first-order valence-corrected chi connectivity index (χ1v) is 8.84. The number of phenolic OH excluding ortho intramolecular Hbond substituents is 1. The summed E-state index contributed by atoms with van der Waals surface area (Å²) in [4.78, 5) is 24.1. The fraction of sp³-hybridized carbons (Fsp3) is 0.100. The number of hydrogen-bond acceptors (Lipinski definition) is 3. The summed E-state index contributed by atoms with van der Waals surface area (Å²) in [5, 5.41) is 17.0. The third-order valence-electron chi connectivity index (χ3n) is 3.91. The molecule has 0 saturated carbocycles. The van der Waals surface area contributed by atoms with Crippen LogP contribution in [0, 0.1) is 0 Å². The molecule has 0 bridgehead atoms. The highest BCUT2D eigenvalue weighted by Gasteiger charge is 2.10. The predicted molar refractivity (Wildman–Crippen MR) is 105 cm³/mol. The first kappa shape index (κ1) is 17.9. The van der Waals surface area contributed by atoms with Crippen LogP contribution in [0.2, 0.25) is 0 Å². The number of hydrogen-bond donors (Lipinski definition) is 3. The van der Waals surface area contributed by atoms with Crippen LogP contribution < -0.4 is 10.6 Å². The van der Waals surface area contributed by atoms with Crippen LogP contribution in [-0.2, 0) is 16.0 Å². The van der Waals surface area contributed by atoms with Crippen LogP contribution in [0.5, 0.6) is 5.75 Å². The van der Waals surface area contributed by atoms with E-state index in [9.17, 15) is 14.7 Å². The summed E-state index contributed by atoms with van der Waals surface area (Å²) in [7, 11) is 0. The van der Waals surface area contributed by atoms with Crippen LogP contribution >= 0.6 is 15.9 Å². The number of amides is 2. The SMILES string of the molecule is O=C(Cc1cccc2ccccc12)NCC(=O)Nc1ccc(Br)cc1O. The van der Waals surface area contributed by atoms with Crippen molar-refractivity contribution in [2.45, 2.75) is 6.42 Å². The lowest BCUT2D eigenvalue weighted by Crippen LogP contribution is -2.33. The molecule has 0 fully saturated rings. The van der Waals surface area contributed by atoms with Crippen molar-refractivity contribution in [2.24, 2.45) is 0 Å². The van der Waals surface area contributed by atoms with E-state index >= 15 is 0 Å². The van der Waals surface area contributed by atoms with Crippen molar-refractivity contribution in [3.05, 3.63) is 70.7 Å². The Bertz CT molecular complexity index is 967. The van der Waals surface area contributed by atoms with Gasteiger partial charge in [-0.05, 0) is 34.5 Å². The number of rotatable bonds is 5. The van der Waals surface area contributed by atoms with E-state index in [-0.39, 0.29) is 24.6 Å². The minimum atomic E-state index is -0.408. The van der Waals surface area contributed by atoms with Gasteiger partial charge in [0.25, 0.3) is 0 Å². The molecule has 0 aliphatic rings. The molecule has 0 heterocycles. The average molecular weight is 413 g/mol. The van der Waals surface area contributed by atoms with Gasteiger partial charge in [-0.25, -0.2) is 0 Å². The van der Waals surface area contributed by atoms with Crippen molar-refractivity contribution in [3.63, 3.8) is 0 Å². The third-order valence-corrected chi connectivity index (χ3v) is 4.40. The van der Waals surface area contributed by atoms with Gasteiger partial charge >= 0.3 is 0 Å². The molecule has 0 saturated heterocycles. The van der Waals surface area contributed by atoms with E-state index in [0.29, 0.717) is 10.2 Å². The minimum absolute atomic E-state index is 0.0465. The van der Waals surface area contributed by atoms with Gasteiger partial charge in [0, 0.05) is 4.47 Å². The van der Waals surface area contributed by atoms with Crippen LogP contribution in [0.1, 0.15) is 5.56 Å². The van der Waals surface area contributed by atoms with Crippen LogP contribution in [0.4, 0.5) is 5.69 Å². The average Bonchev–Trinajstić information content (AvgIpc) is 2.63. The maximum Gasteiger partial charge on any atom is 0.243 e. The van der Waals surface area contributed by atoms with E-state index in [1.165, 1.54) is 6.07 Å². The molecular formula is C20H17BrN2O3. The number of nitrogens with one attached hydrogen (secondary N) is 2. The topological polar surface area (TPSA) is 78.4 Å². The minimum Gasteiger partial charge on any atom is -0.506 e. The Labute approximate surface area is 159 Å². The van der Waals surface area contributed by atoms with E-state index in [2.05, 4.69) is 26.6 Å². The second kappa shape index (κ2) is 8.01. The highest BCUT2D eigenvalue weighted by molar-refractivity contribution is 9.10. The van der Waals surface area contributed by atoms with E-state index in [1.54, 1.807) is 12.1 Å². The van der Waals surface area contributed by atoms with E-state index in [4.69, 9.17) is 0 Å². The second-order valence-electron chi connectivity index (χ2n) is 5.80. The summed E-state index contributed by atoms with van der Waals surface area (Å²) >= 11 is 3.23. The summed E-state index contributed by atoms with van der Waals surface area (Å²) in [5.74, 6) is -0.694. The number of halogens is 1. The van der Waals surface area contributed by atoms with E-state index in [1.807, 2.05) is 42.5 Å². The number of aromatic hydroxyl groups is 1. The lowest BCUT2D eigenvalue weighted by atomic mass is 10.0. The molecule has 0 unspecified atom stereocenters. The van der Waals surface area contributed by atoms with Crippen molar-refractivity contribution in [2.75, 3.05) is 11.9 Å². The maximum atomic E-state index is 12.2. The molecule has 0 aromatic heterocycles. The third kappa shape index (κ3) is 4.40. The van der Waals surface area contributed by atoms with Crippen molar-refractivity contribution < 1.29 is 14.7 Å². The Balaban J connectivity index is 1.57. The molecule has 0 spiro atoms. The Hall–Kier alpha value is -2.86. The largest absolute Gasteiger partial charge is 0.506 e. The molecular weight excluding hydrogens is 396 g/mol. The lowest BCUT2D eigenvalue weighted by molar-refractivity contribution is -0.123. The van der Waals surface area contributed by atoms with Gasteiger partial charge in [-0.2, -0.15) is 0 Å². The van der Waals surface area contributed by atoms with Crippen LogP contribution in [-0.4, -0.2) is 23.5 Å². The molecule has 3 N–H and O–H groups in total. The molecule has 26 heavy (non-hydrogen) atoms. The summed E-state index contributed by atoms with van der Waals surface area (Å²) in [6.07, 6.45) is 0.193. The molecule has 2 amide bonds. The molecule has 0 atom stereocenters. The number of carbonyl (C=O) groups is 2. The smallest absolute Gasteiger partial charge is 0.243 e. The zero-order valence-corrected chi connectivity index (χ0v) is 15.4. The number of anilines is 1. The fourth-order valence-corrected chi connectivity index (χ4v) is 3.01. The van der Waals surface area contributed by atoms with Gasteiger partial charge in [-0.1, -0.05) is 58.4 Å². The summed E-state index contributed by atoms with van der Waals surface area (Å²) in [6, 6.07) is 18.4. The standard InChI is InChI=1S/C20H17BrN2O3/c21-15-8-9-17(18(24)11-15)23-20(26)12-22-19(25)10-14-6-3-5-13-4-1-2-7-16(13)14/h1-9,11,24H,10,12H2,(H,22,25)(H,23,26). The highest BCUT2D eigenvalue weighted by atomic mass is 79.9. The van der Waals surface area contributed by atoms with Gasteiger partial charge in [0.2, 0.25) is 11.8 Å². The maximum absolute atomic E-state index is 12.2.